The molecule has 1 unspecified atom stereocenters. The Hall–Kier alpha value is -2.60. The van der Waals surface area contributed by atoms with Gasteiger partial charge in [-0.25, -0.2) is 4.98 Å². The Morgan fingerprint density at radius 2 is 2.30 bits per heavy atom. The van der Waals surface area contributed by atoms with Gasteiger partial charge in [-0.05, 0) is 43.2 Å². The first-order valence-corrected chi connectivity index (χ1v) is 7.58. The van der Waals surface area contributed by atoms with Crippen molar-refractivity contribution in [3.63, 3.8) is 0 Å². The minimum atomic E-state index is -0.223. The number of hydrogen-bond donors (Lipinski definition) is 2. The third-order valence-electron chi connectivity index (χ3n) is 3.60. The van der Waals surface area contributed by atoms with Gasteiger partial charge in [0.15, 0.2) is 0 Å². The summed E-state index contributed by atoms with van der Waals surface area (Å²) in [5.41, 5.74) is 6.64. The molecule has 23 heavy (non-hydrogen) atoms. The maximum Gasteiger partial charge on any atom is 0.255 e. The molecule has 6 heteroatoms. The van der Waals surface area contributed by atoms with E-state index in [4.69, 9.17) is 15.2 Å². The van der Waals surface area contributed by atoms with Crippen molar-refractivity contribution in [2.45, 2.75) is 18.9 Å². The highest BCUT2D eigenvalue weighted by Gasteiger charge is 2.16. The zero-order valence-corrected chi connectivity index (χ0v) is 12.7. The summed E-state index contributed by atoms with van der Waals surface area (Å²) in [5, 5.41) is 2.77. The second kappa shape index (κ2) is 7.11. The van der Waals surface area contributed by atoms with Crippen LogP contribution in [0, 0.1) is 0 Å². The van der Waals surface area contributed by atoms with Gasteiger partial charge in [0.05, 0.1) is 18.0 Å². The molecule has 1 aromatic carbocycles. The van der Waals surface area contributed by atoms with Crippen molar-refractivity contribution in [1.29, 1.82) is 0 Å². The van der Waals surface area contributed by atoms with Gasteiger partial charge in [0.25, 0.3) is 5.91 Å². The average Bonchev–Trinajstić information content (AvgIpc) is 3.09. The number of benzene rings is 1. The van der Waals surface area contributed by atoms with Crippen LogP contribution in [0.5, 0.6) is 5.75 Å². The van der Waals surface area contributed by atoms with E-state index in [1.54, 1.807) is 30.3 Å². The van der Waals surface area contributed by atoms with Crippen LogP contribution in [-0.4, -0.2) is 30.2 Å². The summed E-state index contributed by atoms with van der Waals surface area (Å²) in [6, 6.07) is 10.4. The second-order valence-corrected chi connectivity index (χ2v) is 5.40. The van der Waals surface area contributed by atoms with Crippen LogP contribution in [0.2, 0.25) is 0 Å². The second-order valence-electron chi connectivity index (χ2n) is 5.40. The molecule has 0 bridgehead atoms. The molecule has 0 spiro atoms. The zero-order valence-electron chi connectivity index (χ0n) is 12.7. The summed E-state index contributed by atoms with van der Waals surface area (Å²) < 4.78 is 11.2. The van der Waals surface area contributed by atoms with Crippen molar-refractivity contribution in [3.8, 4) is 5.75 Å². The van der Waals surface area contributed by atoms with Crippen LogP contribution in [-0.2, 0) is 4.74 Å². The molecule has 3 N–H and O–H groups in total. The summed E-state index contributed by atoms with van der Waals surface area (Å²) in [6.07, 6.45) is 3.76. The van der Waals surface area contributed by atoms with Gasteiger partial charge in [-0.3, -0.25) is 4.79 Å². The Morgan fingerprint density at radius 1 is 1.39 bits per heavy atom. The van der Waals surface area contributed by atoms with E-state index in [2.05, 4.69) is 10.3 Å². The molecule has 120 valence electrons. The average molecular weight is 313 g/mol. The minimum absolute atomic E-state index is 0.147. The maximum atomic E-state index is 12.3. The van der Waals surface area contributed by atoms with Crippen molar-refractivity contribution in [1.82, 2.24) is 4.98 Å². The maximum absolute atomic E-state index is 12.3. The lowest BCUT2D eigenvalue weighted by molar-refractivity contribution is 0.0679. The number of ether oxygens (including phenoxy) is 2. The molecule has 2 heterocycles. The van der Waals surface area contributed by atoms with Gasteiger partial charge < -0.3 is 20.5 Å². The van der Waals surface area contributed by atoms with E-state index < -0.39 is 0 Å². The molecule has 1 amide bonds. The minimum Gasteiger partial charge on any atom is -0.491 e. The Kier molecular flexibility index (Phi) is 4.73. The number of nitrogens with two attached hydrogens (primary N) is 1. The summed E-state index contributed by atoms with van der Waals surface area (Å²) in [5.74, 6) is 0.843. The number of hydrogen-bond acceptors (Lipinski definition) is 5. The van der Waals surface area contributed by atoms with Gasteiger partial charge in [-0.15, -0.1) is 0 Å². The standard InChI is InChI=1S/C17H19N3O3/c18-16-7-6-13(10-19-16)20-17(21)12-3-1-4-14(9-12)23-11-15-5-2-8-22-15/h1,3-4,6-7,9-10,15H,2,5,8,11H2,(H2,18,19)(H,20,21). The third-order valence-corrected chi connectivity index (χ3v) is 3.60. The first kappa shape index (κ1) is 15.3. The van der Waals surface area contributed by atoms with E-state index in [0.29, 0.717) is 29.4 Å². The molecule has 1 aliphatic heterocycles. The lowest BCUT2D eigenvalue weighted by Gasteiger charge is -2.12. The smallest absolute Gasteiger partial charge is 0.255 e. The van der Waals surface area contributed by atoms with Crippen molar-refractivity contribution < 1.29 is 14.3 Å². The number of rotatable bonds is 5. The molecule has 0 saturated carbocycles. The Bertz CT molecular complexity index is 667. The molecule has 1 fully saturated rings. The van der Waals surface area contributed by atoms with E-state index in [9.17, 15) is 4.79 Å². The van der Waals surface area contributed by atoms with Crippen molar-refractivity contribution in [2.75, 3.05) is 24.3 Å². The SMILES string of the molecule is Nc1ccc(NC(=O)c2cccc(OCC3CCCO3)c2)cn1. The topological polar surface area (TPSA) is 86.5 Å². The molecule has 2 aromatic rings. The van der Waals surface area contributed by atoms with Crippen molar-refractivity contribution in [2.24, 2.45) is 0 Å². The van der Waals surface area contributed by atoms with Crippen molar-refractivity contribution in [3.05, 3.63) is 48.2 Å². The summed E-state index contributed by atoms with van der Waals surface area (Å²) in [6.45, 7) is 1.30. The lowest BCUT2D eigenvalue weighted by Crippen LogP contribution is -2.17. The Morgan fingerprint density at radius 3 is 3.04 bits per heavy atom. The zero-order chi connectivity index (χ0) is 16.1. The predicted molar refractivity (Wildman–Crippen MR) is 87.5 cm³/mol. The molecular weight excluding hydrogens is 294 g/mol. The number of aromatic nitrogens is 1. The normalized spacial score (nSPS) is 17.0. The fourth-order valence-corrected chi connectivity index (χ4v) is 2.37. The molecule has 0 aliphatic carbocycles. The largest absolute Gasteiger partial charge is 0.491 e. The van der Waals surface area contributed by atoms with Gasteiger partial charge in [0, 0.05) is 12.2 Å². The first-order chi connectivity index (χ1) is 11.2. The van der Waals surface area contributed by atoms with E-state index in [1.807, 2.05) is 6.07 Å². The molecule has 0 radical (unpaired) electrons. The van der Waals surface area contributed by atoms with Crippen LogP contribution in [0.1, 0.15) is 23.2 Å². The number of nitrogens with one attached hydrogen (secondary N) is 1. The van der Waals surface area contributed by atoms with Gasteiger partial charge >= 0.3 is 0 Å². The highest BCUT2D eigenvalue weighted by atomic mass is 16.5. The lowest BCUT2D eigenvalue weighted by atomic mass is 10.2. The van der Waals surface area contributed by atoms with Gasteiger partial charge in [0.1, 0.15) is 18.2 Å². The number of nitrogens with zero attached hydrogens (tertiary/aromatic N) is 1. The molecule has 3 rings (SSSR count). The van der Waals surface area contributed by atoms with Crippen molar-refractivity contribution >= 4 is 17.4 Å². The van der Waals surface area contributed by atoms with Crippen LogP contribution in [0.4, 0.5) is 11.5 Å². The number of nitrogen functional groups attached to an aromatic ring is 1. The Balaban J connectivity index is 1.61. The monoisotopic (exact) mass is 313 g/mol. The fraction of sp³-hybridized carbons (Fsp3) is 0.294. The number of amides is 1. The quantitative estimate of drug-likeness (QED) is 0.885. The number of anilines is 2. The van der Waals surface area contributed by atoms with Gasteiger partial charge in [0.2, 0.25) is 0 Å². The first-order valence-electron chi connectivity index (χ1n) is 7.58. The van der Waals surface area contributed by atoms with Crippen LogP contribution in [0.3, 0.4) is 0 Å². The highest BCUT2D eigenvalue weighted by Crippen LogP contribution is 2.18. The predicted octanol–water partition coefficient (Wildman–Crippen LogP) is 2.47. The third kappa shape index (κ3) is 4.20. The Labute approximate surface area is 134 Å². The van der Waals surface area contributed by atoms with Crippen LogP contribution in [0.15, 0.2) is 42.6 Å². The molecular formula is C17H19N3O3. The fourth-order valence-electron chi connectivity index (χ4n) is 2.37. The summed E-state index contributed by atoms with van der Waals surface area (Å²) >= 11 is 0. The van der Waals surface area contributed by atoms with E-state index in [-0.39, 0.29) is 12.0 Å². The molecule has 6 nitrogen and oxygen atoms in total. The number of carbonyl (C=O) groups excluding carboxylic acids is 1. The summed E-state index contributed by atoms with van der Waals surface area (Å²) in [4.78, 5) is 16.2. The van der Waals surface area contributed by atoms with Gasteiger partial charge in [-0.2, -0.15) is 0 Å². The molecule has 1 saturated heterocycles. The summed E-state index contributed by atoms with van der Waals surface area (Å²) in [7, 11) is 0. The molecule has 1 aliphatic rings. The number of pyridine rings is 1. The van der Waals surface area contributed by atoms with E-state index >= 15 is 0 Å². The highest BCUT2D eigenvalue weighted by molar-refractivity contribution is 6.04. The molecule has 1 aromatic heterocycles. The van der Waals surface area contributed by atoms with E-state index in [1.165, 1.54) is 6.20 Å². The number of carbonyl (C=O) groups is 1. The van der Waals surface area contributed by atoms with Crippen LogP contribution in [0.25, 0.3) is 0 Å². The molecule has 1 atom stereocenters. The van der Waals surface area contributed by atoms with Gasteiger partial charge in [-0.1, -0.05) is 6.07 Å². The van der Waals surface area contributed by atoms with Crippen LogP contribution >= 0.6 is 0 Å². The van der Waals surface area contributed by atoms with E-state index in [0.717, 1.165) is 19.4 Å². The van der Waals surface area contributed by atoms with Crippen LogP contribution < -0.4 is 15.8 Å².